The minimum atomic E-state index is -0.619. The number of carbonyl (C=O) groups is 2. The van der Waals surface area contributed by atoms with Crippen molar-refractivity contribution in [3.05, 3.63) is 80.8 Å². The second-order valence-electron chi connectivity index (χ2n) is 5.68. The molecule has 1 aliphatic heterocycles. The maximum atomic E-state index is 12.7. The van der Waals surface area contributed by atoms with Gasteiger partial charge in [-0.1, -0.05) is 46.8 Å². The quantitative estimate of drug-likeness (QED) is 0.242. The summed E-state index contributed by atoms with van der Waals surface area (Å²) in [4.78, 5) is 35.9. The summed E-state index contributed by atoms with van der Waals surface area (Å²) in [5, 5.41) is 12.5. The molecule has 0 radical (unpaired) electrons. The van der Waals surface area contributed by atoms with Crippen molar-refractivity contribution in [3.63, 3.8) is 0 Å². The van der Waals surface area contributed by atoms with E-state index >= 15 is 0 Å². The van der Waals surface area contributed by atoms with E-state index in [1.807, 2.05) is 0 Å². The van der Waals surface area contributed by atoms with Crippen LogP contribution in [0, 0.1) is 10.1 Å². The zero-order valence-corrected chi connectivity index (χ0v) is 16.0. The van der Waals surface area contributed by atoms with Crippen LogP contribution < -0.4 is 15.2 Å². The van der Waals surface area contributed by atoms with E-state index in [1.165, 1.54) is 24.3 Å². The number of hydrogen-bond donors (Lipinski definition) is 1. The highest BCUT2D eigenvalue weighted by Crippen LogP contribution is 2.36. The van der Waals surface area contributed by atoms with Crippen LogP contribution in [-0.2, 0) is 9.59 Å². The van der Waals surface area contributed by atoms with Gasteiger partial charge in [-0.2, -0.15) is 0 Å². The van der Waals surface area contributed by atoms with Crippen molar-refractivity contribution in [2.24, 2.45) is 0 Å². The van der Waals surface area contributed by atoms with E-state index < -0.39 is 16.7 Å². The first-order valence-electron chi connectivity index (χ1n) is 8.06. The van der Waals surface area contributed by atoms with E-state index in [0.717, 1.165) is 5.01 Å². The number of hydrazine groups is 1. The Morgan fingerprint density at radius 2 is 1.96 bits per heavy atom. The fourth-order valence-corrected chi connectivity index (χ4v) is 3.08. The number of carbonyl (C=O) groups excluding carboxylic acids is 2. The van der Waals surface area contributed by atoms with Crippen LogP contribution in [0.3, 0.4) is 0 Å². The van der Waals surface area contributed by atoms with Gasteiger partial charge in [0.2, 0.25) is 5.75 Å². The SMILES string of the molecule is C=CCOc1c(C=C2C(=O)NN(c3ccccc3)C2=O)cc(Br)cc1[N+](=O)[O-]. The molecule has 1 fully saturated rings. The van der Waals surface area contributed by atoms with Crippen molar-refractivity contribution in [1.82, 2.24) is 5.43 Å². The summed E-state index contributed by atoms with van der Waals surface area (Å²) in [5.41, 5.74) is 2.73. The first kappa shape index (κ1) is 19.3. The summed E-state index contributed by atoms with van der Waals surface area (Å²) >= 11 is 3.21. The standard InChI is InChI=1S/C19H14BrN3O5/c1-2-8-28-17-12(9-13(20)11-16(17)23(26)27)10-15-18(24)21-22(19(15)25)14-6-4-3-5-7-14/h2-7,9-11H,1,8H2,(H,21,24). The monoisotopic (exact) mass is 443 g/mol. The molecule has 2 aromatic rings. The van der Waals surface area contributed by atoms with Gasteiger partial charge in [0.25, 0.3) is 11.8 Å². The number of ether oxygens (including phenoxy) is 1. The Morgan fingerprint density at radius 1 is 1.25 bits per heavy atom. The molecule has 3 rings (SSSR count). The predicted octanol–water partition coefficient (Wildman–Crippen LogP) is 3.38. The maximum Gasteiger partial charge on any atom is 0.312 e. The minimum Gasteiger partial charge on any atom is -0.482 e. The van der Waals surface area contributed by atoms with Crippen molar-refractivity contribution in [2.75, 3.05) is 11.6 Å². The molecule has 1 aliphatic rings. The van der Waals surface area contributed by atoms with Crippen molar-refractivity contribution >= 4 is 45.2 Å². The molecule has 0 atom stereocenters. The van der Waals surface area contributed by atoms with Crippen LogP contribution in [0.15, 0.2) is 65.2 Å². The molecule has 0 spiro atoms. The number of hydrogen-bond acceptors (Lipinski definition) is 5. The number of halogens is 1. The first-order chi connectivity index (χ1) is 13.4. The molecule has 1 N–H and O–H groups in total. The molecule has 28 heavy (non-hydrogen) atoms. The molecule has 9 heteroatoms. The summed E-state index contributed by atoms with van der Waals surface area (Å²) in [7, 11) is 0. The number of benzene rings is 2. The summed E-state index contributed by atoms with van der Waals surface area (Å²) in [6.07, 6.45) is 2.71. The van der Waals surface area contributed by atoms with Gasteiger partial charge in [-0.25, -0.2) is 5.01 Å². The van der Waals surface area contributed by atoms with Gasteiger partial charge in [0.1, 0.15) is 12.2 Å². The number of anilines is 1. The molecule has 0 bridgehead atoms. The van der Waals surface area contributed by atoms with Gasteiger partial charge in [0, 0.05) is 16.1 Å². The Balaban J connectivity index is 2.07. The lowest BCUT2D eigenvalue weighted by Crippen LogP contribution is -2.35. The van der Waals surface area contributed by atoms with Crippen molar-refractivity contribution in [3.8, 4) is 5.75 Å². The zero-order valence-electron chi connectivity index (χ0n) is 14.4. The number of nitro groups is 1. The fraction of sp³-hybridized carbons (Fsp3) is 0.0526. The van der Waals surface area contributed by atoms with E-state index in [0.29, 0.717) is 10.2 Å². The van der Waals surface area contributed by atoms with Gasteiger partial charge in [-0.3, -0.25) is 25.1 Å². The molecule has 1 saturated heterocycles. The van der Waals surface area contributed by atoms with Crippen LogP contribution in [0.1, 0.15) is 5.56 Å². The largest absolute Gasteiger partial charge is 0.482 e. The Bertz CT molecular complexity index is 1000. The molecule has 0 saturated carbocycles. The molecule has 8 nitrogen and oxygen atoms in total. The molecule has 2 amide bonds. The maximum absolute atomic E-state index is 12.7. The van der Waals surface area contributed by atoms with E-state index in [1.54, 1.807) is 30.3 Å². The number of nitrogens with one attached hydrogen (secondary N) is 1. The Kier molecular flexibility index (Phi) is 5.55. The molecule has 2 aromatic carbocycles. The lowest BCUT2D eigenvalue weighted by Gasteiger charge is -2.14. The topological polar surface area (TPSA) is 102 Å². The fourth-order valence-electron chi connectivity index (χ4n) is 2.61. The average Bonchev–Trinajstić information content (AvgIpc) is 2.95. The molecular weight excluding hydrogens is 430 g/mol. The molecule has 1 heterocycles. The summed E-state index contributed by atoms with van der Waals surface area (Å²) in [6.45, 7) is 3.55. The lowest BCUT2D eigenvalue weighted by molar-refractivity contribution is -0.385. The normalized spacial score (nSPS) is 14.9. The van der Waals surface area contributed by atoms with Crippen LogP contribution >= 0.6 is 15.9 Å². The number of para-hydroxylation sites is 1. The molecule has 142 valence electrons. The van der Waals surface area contributed by atoms with Crippen molar-refractivity contribution in [1.29, 1.82) is 0 Å². The van der Waals surface area contributed by atoms with Gasteiger partial charge >= 0.3 is 5.69 Å². The third kappa shape index (κ3) is 3.79. The van der Waals surface area contributed by atoms with Gasteiger partial charge < -0.3 is 4.74 Å². The Hall–Kier alpha value is -3.46. The van der Waals surface area contributed by atoms with Gasteiger partial charge in [0.05, 0.1) is 10.6 Å². The molecule has 0 unspecified atom stereocenters. The van der Waals surface area contributed by atoms with E-state index in [9.17, 15) is 19.7 Å². The lowest BCUT2D eigenvalue weighted by atomic mass is 10.1. The molecule has 0 aliphatic carbocycles. The van der Waals surface area contributed by atoms with E-state index in [4.69, 9.17) is 4.74 Å². The summed E-state index contributed by atoms with van der Waals surface area (Å²) in [6, 6.07) is 11.4. The first-order valence-corrected chi connectivity index (χ1v) is 8.85. The van der Waals surface area contributed by atoms with Crippen LogP contribution in [0.4, 0.5) is 11.4 Å². The number of nitrogens with zero attached hydrogens (tertiary/aromatic N) is 2. The average molecular weight is 444 g/mol. The van der Waals surface area contributed by atoms with Crippen LogP contribution in [0.25, 0.3) is 6.08 Å². The predicted molar refractivity (Wildman–Crippen MR) is 107 cm³/mol. The number of nitro benzene ring substituents is 1. The highest BCUT2D eigenvalue weighted by molar-refractivity contribution is 9.10. The third-order valence-electron chi connectivity index (χ3n) is 3.81. The van der Waals surface area contributed by atoms with Crippen molar-refractivity contribution < 1.29 is 19.2 Å². The second kappa shape index (κ2) is 8.05. The van der Waals surface area contributed by atoms with Gasteiger partial charge in [0.15, 0.2) is 0 Å². The van der Waals surface area contributed by atoms with Crippen LogP contribution in [0.2, 0.25) is 0 Å². The highest BCUT2D eigenvalue weighted by atomic mass is 79.9. The summed E-state index contributed by atoms with van der Waals surface area (Å²) < 4.78 is 5.85. The molecular formula is C19H14BrN3O5. The van der Waals surface area contributed by atoms with E-state index in [-0.39, 0.29) is 29.2 Å². The third-order valence-corrected chi connectivity index (χ3v) is 4.27. The van der Waals surface area contributed by atoms with Crippen LogP contribution in [0.5, 0.6) is 5.75 Å². The summed E-state index contributed by atoms with van der Waals surface area (Å²) in [5.74, 6) is -1.25. The molecule has 0 aromatic heterocycles. The number of rotatable bonds is 6. The second-order valence-corrected chi connectivity index (χ2v) is 6.59. The number of amides is 2. The van der Waals surface area contributed by atoms with Gasteiger partial charge in [-0.05, 0) is 24.3 Å². The Labute approximate surface area is 168 Å². The van der Waals surface area contributed by atoms with Crippen molar-refractivity contribution in [2.45, 2.75) is 0 Å². The minimum absolute atomic E-state index is 0.0227. The Morgan fingerprint density at radius 3 is 2.61 bits per heavy atom. The van der Waals surface area contributed by atoms with E-state index in [2.05, 4.69) is 27.9 Å². The van der Waals surface area contributed by atoms with Crippen LogP contribution in [-0.4, -0.2) is 23.3 Å². The zero-order chi connectivity index (χ0) is 20.3. The smallest absolute Gasteiger partial charge is 0.312 e. The highest BCUT2D eigenvalue weighted by Gasteiger charge is 2.35. The van der Waals surface area contributed by atoms with Gasteiger partial charge in [-0.15, -0.1) is 0 Å².